The largest absolute Gasteiger partial charge is 0.497 e. The van der Waals surface area contributed by atoms with E-state index in [9.17, 15) is 5.11 Å². The van der Waals surface area contributed by atoms with Crippen LogP contribution in [0.4, 0.5) is 0 Å². The van der Waals surface area contributed by atoms with Gasteiger partial charge in [0.1, 0.15) is 5.75 Å². The van der Waals surface area contributed by atoms with E-state index in [4.69, 9.17) is 19.8 Å². The Morgan fingerprint density at radius 3 is 2.40 bits per heavy atom. The van der Waals surface area contributed by atoms with Crippen molar-refractivity contribution in [1.82, 2.24) is 4.90 Å². The molecule has 0 unspecified atom stereocenters. The summed E-state index contributed by atoms with van der Waals surface area (Å²) in [5.41, 5.74) is -3.78. The summed E-state index contributed by atoms with van der Waals surface area (Å²) in [6.45, 7) is -0.524. The van der Waals surface area contributed by atoms with Gasteiger partial charge >= 0.3 is 0 Å². The van der Waals surface area contributed by atoms with Crippen molar-refractivity contribution in [2.45, 2.75) is 43.4 Å². The monoisotopic (exact) mass is 288 g/mol. The third kappa shape index (κ3) is 3.53. The van der Waals surface area contributed by atoms with Crippen molar-refractivity contribution in [3.05, 3.63) is 29.8 Å². The minimum absolute atomic E-state index is 0.119. The number of nitrogens with zero attached hydrogens (tertiary/aromatic N) is 1. The molecule has 3 heteroatoms. The van der Waals surface area contributed by atoms with Crippen LogP contribution in [-0.2, 0) is 0 Å². The molecule has 0 bridgehead atoms. The van der Waals surface area contributed by atoms with E-state index in [0.29, 0.717) is 5.75 Å². The highest BCUT2D eigenvalue weighted by Crippen LogP contribution is 2.40. The van der Waals surface area contributed by atoms with Crippen LogP contribution in [0.1, 0.15) is 58.4 Å². The molecule has 0 spiro atoms. The summed E-state index contributed by atoms with van der Waals surface area (Å²) in [5, 5.41) is 11.7. The Hall–Kier alpha value is -1.06. The molecule has 1 aromatic rings. The lowest BCUT2D eigenvalue weighted by Crippen LogP contribution is -2.42. The van der Waals surface area contributed by atoms with E-state index in [-0.39, 0.29) is 5.56 Å². The highest BCUT2D eigenvalue weighted by Gasteiger charge is 2.38. The molecule has 1 aliphatic carbocycles. The summed E-state index contributed by atoms with van der Waals surface area (Å²) in [6, 6.07) is 5.37. The van der Waals surface area contributed by atoms with Gasteiger partial charge in [-0.2, -0.15) is 0 Å². The van der Waals surface area contributed by atoms with Gasteiger partial charge in [0, 0.05) is 27.5 Å². The first-order valence-corrected chi connectivity index (χ1v) is 6.22. The number of methoxy groups -OCH3 is 1. The van der Waals surface area contributed by atoms with E-state index in [1.807, 2.05) is 0 Å². The molecule has 1 N–H and O–H groups in total. The second kappa shape index (κ2) is 6.59. The smallest absolute Gasteiger partial charge is 0.118 e. The van der Waals surface area contributed by atoms with E-state index in [0.717, 1.165) is 0 Å². The molecule has 1 fully saturated rings. The lowest BCUT2D eigenvalue weighted by molar-refractivity contribution is -0.0277. The van der Waals surface area contributed by atoms with Crippen LogP contribution in [0.3, 0.4) is 0 Å². The Morgan fingerprint density at radius 1 is 1.30 bits per heavy atom. The van der Waals surface area contributed by atoms with Crippen molar-refractivity contribution >= 4 is 0 Å². The fourth-order valence-corrected chi connectivity index (χ4v) is 1.98. The summed E-state index contributed by atoms with van der Waals surface area (Å²) in [7, 11) is 4.35. The molecule has 0 aromatic heterocycles. The first-order chi connectivity index (χ1) is 13.7. The van der Waals surface area contributed by atoms with Gasteiger partial charge < -0.3 is 14.7 Å². The topological polar surface area (TPSA) is 32.7 Å². The number of ether oxygens (including phenoxy) is 1. The highest BCUT2D eigenvalue weighted by molar-refractivity contribution is 5.31. The molecule has 0 amide bonds. The van der Waals surface area contributed by atoms with Crippen molar-refractivity contribution in [3.63, 3.8) is 0 Å². The number of likely N-dealkylation sites (N-methyl/N-ethyl adjacent to an activating group) is 1. The molecular formula is C17H27NO2. The normalized spacial score (nSPS) is 42.1. The maximum atomic E-state index is 11.7. The first kappa shape index (κ1) is 6.37. The average molecular weight is 288 g/mol. The van der Waals surface area contributed by atoms with Crippen LogP contribution in [0, 0.1) is 0 Å². The summed E-state index contributed by atoms with van der Waals surface area (Å²) < 4.78 is 96.4. The summed E-state index contributed by atoms with van der Waals surface area (Å²) >= 11 is 0. The van der Waals surface area contributed by atoms with Crippen LogP contribution < -0.4 is 4.74 Å². The standard InChI is InChI=1S/C17H27NO2/c1-18(2)13-16(17(19)11-5-4-6-12-17)14-7-9-15(20-3)10-8-14/h7-10,16,19H,4-6,11-13H2,1-3H3/t16-/m1/s1/i4D2,5D2,6D2,11D2,12D2,16D. The average Bonchev–Trinajstić information content (AvgIpc) is 2.64. The summed E-state index contributed by atoms with van der Waals surface area (Å²) in [5.74, 6) is -2.30. The molecule has 1 aromatic carbocycles. The molecule has 0 aliphatic heterocycles. The van der Waals surface area contributed by atoms with Crippen molar-refractivity contribution in [1.29, 1.82) is 0 Å². The van der Waals surface area contributed by atoms with E-state index in [2.05, 4.69) is 0 Å². The van der Waals surface area contributed by atoms with Gasteiger partial charge in [0.2, 0.25) is 0 Å². The van der Waals surface area contributed by atoms with Gasteiger partial charge in [-0.25, -0.2) is 0 Å². The van der Waals surface area contributed by atoms with Gasteiger partial charge in [-0.1, -0.05) is 31.3 Å². The lowest BCUT2D eigenvalue weighted by Gasteiger charge is -2.40. The third-order valence-corrected chi connectivity index (χ3v) is 2.96. The predicted octanol–water partition coefficient (Wildman–Crippen LogP) is 3.04. The fraction of sp³-hybridized carbons (Fsp3) is 0.647. The minimum Gasteiger partial charge on any atom is -0.497 e. The fourth-order valence-electron chi connectivity index (χ4n) is 1.98. The Bertz CT molecular complexity index is 796. The lowest BCUT2D eigenvalue weighted by atomic mass is 9.72. The zero-order chi connectivity index (χ0) is 24.5. The molecule has 1 aliphatic rings. The van der Waals surface area contributed by atoms with Crippen molar-refractivity contribution in [2.75, 3.05) is 27.7 Å². The molecule has 0 radical (unpaired) electrons. The van der Waals surface area contributed by atoms with Crippen molar-refractivity contribution in [3.8, 4) is 5.75 Å². The summed E-state index contributed by atoms with van der Waals surface area (Å²) in [6.07, 6.45) is -18.5. The number of hydrogen-bond acceptors (Lipinski definition) is 3. The van der Waals surface area contributed by atoms with Gasteiger partial charge in [0.25, 0.3) is 0 Å². The van der Waals surface area contributed by atoms with Crippen LogP contribution >= 0.6 is 0 Å². The quantitative estimate of drug-likeness (QED) is 0.904. The van der Waals surface area contributed by atoms with E-state index in [1.165, 1.54) is 50.4 Å². The maximum Gasteiger partial charge on any atom is 0.118 e. The van der Waals surface area contributed by atoms with Gasteiger partial charge in [-0.3, -0.25) is 0 Å². The molecule has 1 saturated carbocycles. The number of hydrogen-bond donors (Lipinski definition) is 1. The Labute approximate surface area is 138 Å². The first-order valence-electron chi connectivity index (χ1n) is 11.7. The molecule has 2 rings (SSSR count). The van der Waals surface area contributed by atoms with Gasteiger partial charge in [-0.05, 0) is 44.5 Å². The van der Waals surface area contributed by atoms with Gasteiger partial charge in [0.05, 0.1) is 12.7 Å². The van der Waals surface area contributed by atoms with Crippen molar-refractivity contribution < 1.29 is 24.9 Å². The molecule has 3 nitrogen and oxygen atoms in total. The number of benzene rings is 1. The highest BCUT2D eigenvalue weighted by atomic mass is 16.5. The number of aliphatic hydroxyl groups is 1. The second-order valence-electron chi connectivity index (χ2n) is 4.78. The van der Waals surface area contributed by atoms with Crippen LogP contribution in [-0.4, -0.2) is 43.4 Å². The molecule has 1 atom stereocenters. The van der Waals surface area contributed by atoms with Gasteiger partial charge in [0.15, 0.2) is 0 Å². The van der Waals surface area contributed by atoms with Crippen LogP contribution in [0.15, 0.2) is 24.3 Å². The second-order valence-corrected chi connectivity index (χ2v) is 4.78. The van der Waals surface area contributed by atoms with E-state index in [1.54, 1.807) is 0 Å². The van der Waals surface area contributed by atoms with Crippen LogP contribution in [0.25, 0.3) is 0 Å². The Kier molecular flexibility index (Phi) is 2.10. The van der Waals surface area contributed by atoms with Crippen LogP contribution in [0.2, 0.25) is 0 Å². The van der Waals surface area contributed by atoms with Crippen molar-refractivity contribution in [2.24, 2.45) is 0 Å². The van der Waals surface area contributed by atoms with E-state index >= 15 is 0 Å². The zero-order valence-electron chi connectivity index (χ0n) is 22.8. The molecule has 112 valence electrons. The van der Waals surface area contributed by atoms with E-state index < -0.39 is 49.9 Å². The maximum absolute atomic E-state index is 11.7. The minimum atomic E-state index is -3.73. The van der Waals surface area contributed by atoms with Gasteiger partial charge in [-0.15, -0.1) is 0 Å². The molecule has 20 heavy (non-hydrogen) atoms. The number of rotatable bonds is 5. The Morgan fingerprint density at radius 2 is 1.90 bits per heavy atom. The Balaban J connectivity index is 2.99. The summed E-state index contributed by atoms with van der Waals surface area (Å²) in [4.78, 5) is 1.36. The third-order valence-electron chi connectivity index (χ3n) is 2.96. The van der Waals surface area contributed by atoms with Crippen LogP contribution in [0.5, 0.6) is 5.75 Å². The molecule has 0 heterocycles. The predicted molar refractivity (Wildman–Crippen MR) is 82.3 cm³/mol. The SMILES string of the molecule is [2H]C1([2H])C([2H])([2H])C([2H])([2H])C(O)([C@]([2H])(CN(C)C)c2ccc(OC)cc2)C([2H])([2H])C1([2H])[2H]. The zero-order valence-corrected chi connectivity index (χ0v) is 11.8. The molecular weight excluding hydrogens is 250 g/mol. The molecule has 0 saturated heterocycles.